The lowest BCUT2D eigenvalue weighted by molar-refractivity contribution is 0.305. The minimum atomic E-state index is 0.0747. The van der Waals surface area contributed by atoms with Crippen LogP contribution in [0.1, 0.15) is 24.7 Å². The van der Waals surface area contributed by atoms with E-state index < -0.39 is 0 Å². The molecular weight excluding hydrogens is 288 g/mol. The van der Waals surface area contributed by atoms with E-state index >= 15 is 0 Å². The van der Waals surface area contributed by atoms with Crippen LogP contribution in [0.5, 0.6) is 0 Å². The highest BCUT2D eigenvalue weighted by atomic mass is 79.9. The summed E-state index contributed by atoms with van der Waals surface area (Å²) in [6.07, 6.45) is 0.464. The summed E-state index contributed by atoms with van der Waals surface area (Å²) in [6, 6.07) is 0. The highest BCUT2D eigenvalue weighted by Gasteiger charge is 2.07. The molecule has 1 heterocycles. The molecular formula is C11H13BrN2OS. The standard InChI is InChI=1S/C11H13BrN2OS/c1-3-16-11-13-8(2)10(12)9(14-11)6-4-5-7-15/h15H,3,5,7H2,1-2H3. The summed E-state index contributed by atoms with van der Waals surface area (Å²) < 4.78 is 0.832. The van der Waals surface area contributed by atoms with E-state index in [1.165, 1.54) is 0 Å². The van der Waals surface area contributed by atoms with Crippen LogP contribution in [0.2, 0.25) is 0 Å². The molecule has 0 aliphatic carbocycles. The number of thioether (sulfide) groups is 1. The molecule has 1 N–H and O–H groups in total. The van der Waals surface area contributed by atoms with Crippen molar-refractivity contribution in [3.8, 4) is 11.8 Å². The minimum Gasteiger partial charge on any atom is -0.395 e. The molecule has 0 bridgehead atoms. The van der Waals surface area contributed by atoms with Crippen LogP contribution in [0.15, 0.2) is 9.63 Å². The monoisotopic (exact) mass is 300 g/mol. The predicted octanol–water partition coefficient (Wildman–Crippen LogP) is 2.39. The Hall–Kier alpha value is -0.570. The van der Waals surface area contributed by atoms with E-state index in [-0.39, 0.29) is 6.61 Å². The maximum Gasteiger partial charge on any atom is 0.189 e. The molecule has 86 valence electrons. The van der Waals surface area contributed by atoms with Crippen molar-refractivity contribution < 1.29 is 5.11 Å². The fourth-order valence-electron chi connectivity index (χ4n) is 1.01. The summed E-state index contributed by atoms with van der Waals surface area (Å²) in [7, 11) is 0. The normalized spacial score (nSPS) is 9.75. The third-order valence-electron chi connectivity index (χ3n) is 1.71. The van der Waals surface area contributed by atoms with Crippen LogP contribution in [0.25, 0.3) is 0 Å². The topological polar surface area (TPSA) is 46.0 Å². The number of halogens is 1. The highest BCUT2D eigenvalue weighted by Crippen LogP contribution is 2.21. The van der Waals surface area contributed by atoms with Crippen LogP contribution in [0, 0.1) is 18.8 Å². The van der Waals surface area contributed by atoms with Crippen LogP contribution in [-0.4, -0.2) is 27.4 Å². The van der Waals surface area contributed by atoms with E-state index in [2.05, 4.69) is 44.7 Å². The van der Waals surface area contributed by atoms with Crippen molar-refractivity contribution in [3.63, 3.8) is 0 Å². The number of aliphatic hydroxyl groups excluding tert-OH is 1. The number of nitrogens with zero attached hydrogens (tertiary/aromatic N) is 2. The number of aromatic nitrogens is 2. The van der Waals surface area contributed by atoms with Crippen LogP contribution >= 0.6 is 27.7 Å². The molecule has 0 spiro atoms. The Balaban J connectivity index is 3.03. The number of aliphatic hydroxyl groups is 1. The Morgan fingerprint density at radius 3 is 2.81 bits per heavy atom. The second-order valence-corrected chi connectivity index (χ2v) is 4.99. The minimum absolute atomic E-state index is 0.0747. The average molecular weight is 301 g/mol. The first-order valence-electron chi connectivity index (χ1n) is 4.95. The van der Waals surface area contributed by atoms with Gasteiger partial charge in [-0.25, -0.2) is 9.97 Å². The van der Waals surface area contributed by atoms with Gasteiger partial charge in [0.05, 0.1) is 16.8 Å². The van der Waals surface area contributed by atoms with Gasteiger partial charge in [-0.1, -0.05) is 24.6 Å². The van der Waals surface area contributed by atoms with Gasteiger partial charge in [0.15, 0.2) is 5.16 Å². The third kappa shape index (κ3) is 3.78. The van der Waals surface area contributed by atoms with E-state index in [4.69, 9.17) is 5.11 Å². The first-order valence-corrected chi connectivity index (χ1v) is 6.73. The maximum atomic E-state index is 8.66. The van der Waals surface area contributed by atoms with Crippen LogP contribution in [0.3, 0.4) is 0 Å². The summed E-state index contributed by atoms with van der Waals surface area (Å²) in [5.41, 5.74) is 1.58. The Labute approximate surface area is 108 Å². The molecule has 0 amide bonds. The molecule has 0 radical (unpaired) electrons. The fourth-order valence-corrected chi connectivity index (χ4v) is 1.90. The molecule has 0 aliphatic rings. The van der Waals surface area contributed by atoms with Gasteiger partial charge in [-0.3, -0.25) is 0 Å². The van der Waals surface area contributed by atoms with E-state index in [1.807, 2.05) is 6.92 Å². The summed E-state index contributed by atoms with van der Waals surface area (Å²) >= 11 is 5.01. The Morgan fingerprint density at radius 2 is 2.19 bits per heavy atom. The first kappa shape index (κ1) is 13.5. The molecule has 3 nitrogen and oxygen atoms in total. The summed E-state index contributed by atoms with van der Waals surface area (Å²) in [5, 5.41) is 9.40. The summed E-state index contributed by atoms with van der Waals surface area (Å²) in [6.45, 7) is 4.05. The van der Waals surface area contributed by atoms with Crippen molar-refractivity contribution in [2.75, 3.05) is 12.4 Å². The lowest BCUT2D eigenvalue weighted by Crippen LogP contribution is -1.96. The van der Waals surface area contributed by atoms with Crippen molar-refractivity contribution in [3.05, 3.63) is 15.9 Å². The van der Waals surface area contributed by atoms with Crippen LogP contribution in [-0.2, 0) is 0 Å². The van der Waals surface area contributed by atoms with Gasteiger partial charge in [0.25, 0.3) is 0 Å². The van der Waals surface area contributed by atoms with Gasteiger partial charge >= 0.3 is 0 Å². The second kappa shape index (κ2) is 6.89. The molecule has 0 atom stereocenters. The zero-order chi connectivity index (χ0) is 12.0. The average Bonchev–Trinajstić information content (AvgIpc) is 2.25. The smallest absolute Gasteiger partial charge is 0.189 e. The SMILES string of the molecule is CCSc1nc(C)c(Br)c(C#CCCO)n1. The largest absolute Gasteiger partial charge is 0.395 e. The Morgan fingerprint density at radius 1 is 1.44 bits per heavy atom. The van der Waals surface area contributed by atoms with Gasteiger partial charge in [-0.2, -0.15) is 0 Å². The van der Waals surface area contributed by atoms with Crippen molar-refractivity contribution in [1.29, 1.82) is 0 Å². The third-order valence-corrected chi connectivity index (χ3v) is 3.39. The number of rotatable bonds is 3. The molecule has 0 aromatic carbocycles. The van der Waals surface area contributed by atoms with Crippen LogP contribution < -0.4 is 0 Å². The fraction of sp³-hybridized carbons (Fsp3) is 0.455. The molecule has 5 heteroatoms. The number of hydrogen-bond donors (Lipinski definition) is 1. The summed E-state index contributed by atoms with van der Waals surface area (Å²) in [4.78, 5) is 8.68. The molecule has 1 rings (SSSR count). The molecule has 0 saturated carbocycles. The molecule has 0 aliphatic heterocycles. The quantitative estimate of drug-likeness (QED) is 0.529. The van der Waals surface area contributed by atoms with Gasteiger partial charge in [0.2, 0.25) is 0 Å². The van der Waals surface area contributed by atoms with Crippen molar-refractivity contribution in [1.82, 2.24) is 9.97 Å². The summed E-state index contributed by atoms with van der Waals surface area (Å²) in [5.74, 6) is 6.73. The number of aryl methyl sites for hydroxylation is 1. The van der Waals surface area contributed by atoms with E-state index in [1.54, 1.807) is 11.8 Å². The number of hydrogen-bond acceptors (Lipinski definition) is 4. The van der Waals surface area contributed by atoms with Gasteiger partial charge in [-0.15, -0.1) is 0 Å². The molecule has 0 fully saturated rings. The molecule has 16 heavy (non-hydrogen) atoms. The second-order valence-electron chi connectivity index (χ2n) is 2.96. The maximum absolute atomic E-state index is 8.66. The molecule has 0 unspecified atom stereocenters. The van der Waals surface area contributed by atoms with Gasteiger partial charge in [-0.05, 0) is 34.5 Å². The van der Waals surface area contributed by atoms with E-state index in [9.17, 15) is 0 Å². The first-order chi connectivity index (χ1) is 7.69. The molecule has 1 aromatic rings. The van der Waals surface area contributed by atoms with Crippen LogP contribution in [0.4, 0.5) is 0 Å². The Kier molecular flexibility index (Phi) is 5.81. The van der Waals surface area contributed by atoms with Gasteiger partial charge < -0.3 is 5.11 Å². The van der Waals surface area contributed by atoms with Gasteiger partial charge in [0, 0.05) is 6.42 Å². The lowest BCUT2D eigenvalue weighted by Gasteiger charge is -2.03. The Bertz CT molecular complexity index is 426. The van der Waals surface area contributed by atoms with E-state index in [0.29, 0.717) is 12.1 Å². The lowest BCUT2D eigenvalue weighted by atomic mass is 10.3. The highest BCUT2D eigenvalue weighted by molar-refractivity contribution is 9.10. The van der Waals surface area contributed by atoms with E-state index in [0.717, 1.165) is 21.1 Å². The van der Waals surface area contributed by atoms with Crippen molar-refractivity contribution in [2.24, 2.45) is 0 Å². The van der Waals surface area contributed by atoms with Crippen molar-refractivity contribution in [2.45, 2.75) is 25.4 Å². The molecule has 1 aromatic heterocycles. The van der Waals surface area contributed by atoms with Gasteiger partial charge in [0.1, 0.15) is 5.69 Å². The van der Waals surface area contributed by atoms with Crippen molar-refractivity contribution >= 4 is 27.7 Å². The zero-order valence-corrected chi connectivity index (χ0v) is 11.7. The zero-order valence-electron chi connectivity index (χ0n) is 9.25. The predicted molar refractivity (Wildman–Crippen MR) is 69.4 cm³/mol. The molecule has 0 saturated heterocycles.